The average Bonchev–Trinajstić information content (AvgIpc) is 2.56. The summed E-state index contributed by atoms with van der Waals surface area (Å²) in [5.41, 5.74) is 1.78. The fraction of sp³-hybridized carbons (Fsp3) is 0.235. The van der Waals surface area contributed by atoms with Gasteiger partial charge in [-0.25, -0.2) is 13.6 Å². The van der Waals surface area contributed by atoms with E-state index < -0.39 is 17.7 Å². The van der Waals surface area contributed by atoms with Crippen LogP contribution in [0.15, 0.2) is 42.5 Å². The molecule has 3 N–H and O–H groups in total. The van der Waals surface area contributed by atoms with Gasteiger partial charge in [0.25, 0.3) is 0 Å². The van der Waals surface area contributed by atoms with Crippen molar-refractivity contribution in [1.82, 2.24) is 10.6 Å². The number of halogens is 2. The minimum atomic E-state index is -0.508. The molecule has 23 heavy (non-hydrogen) atoms. The predicted octanol–water partition coefficient (Wildman–Crippen LogP) is 2.50. The molecule has 6 heteroatoms. The molecule has 2 rings (SSSR count). The van der Waals surface area contributed by atoms with Gasteiger partial charge in [-0.1, -0.05) is 24.3 Å². The molecule has 0 spiro atoms. The molecular weight excluding hydrogens is 302 g/mol. The second-order valence-electron chi connectivity index (χ2n) is 5.02. The molecule has 0 saturated heterocycles. The van der Waals surface area contributed by atoms with E-state index in [2.05, 4.69) is 10.6 Å². The maximum atomic E-state index is 13.4. The molecule has 0 saturated carbocycles. The Morgan fingerprint density at radius 2 is 1.74 bits per heavy atom. The fourth-order valence-electron chi connectivity index (χ4n) is 2.17. The Bertz CT molecular complexity index is 677. The molecular formula is C17H18F2N2O2. The summed E-state index contributed by atoms with van der Waals surface area (Å²) in [6, 6.07) is 10.1. The Morgan fingerprint density at radius 3 is 2.48 bits per heavy atom. The Kier molecular flexibility index (Phi) is 6.05. The number of carbonyl (C=O) groups excluding carboxylic acids is 1. The zero-order chi connectivity index (χ0) is 16.7. The minimum absolute atomic E-state index is 0.0989. The lowest BCUT2D eigenvalue weighted by molar-refractivity contribution is 0.240. The van der Waals surface area contributed by atoms with Gasteiger partial charge < -0.3 is 15.7 Å². The van der Waals surface area contributed by atoms with Crippen molar-refractivity contribution in [3.63, 3.8) is 0 Å². The van der Waals surface area contributed by atoms with Gasteiger partial charge in [-0.05, 0) is 41.3 Å². The van der Waals surface area contributed by atoms with Crippen LogP contribution in [0.2, 0.25) is 0 Å². The summed E-state index contributed by atoms with van der Waals surface area (Å²) in [6.45, 7) is 0.364. The summed E-state index contributed by atoms with van der Waals surface area (Å²) in [4.78, 5) is 11.7. The number of aliphatic hydroxyl groups is 1. The van der Waals surface area contributed by atoms with Crippen LogP contribution in [0.25, 0.3) is 0 Å². The van der Waals surface area contributed by atoms with Gasteiger partial charge in [0.1, 0.15) is 11.6 Å². The molecule has 0 radical (unpaired) electrons. The van der Waals surface area contributed by atoms with E-state index in [1.54, 1.807) is 6.07 Å². The standard InChI is InChI=1S/C17H18F2N2O2/c18-15-5-6-16(19)12(9-15)7-8-20-17(23)21-10-13-3-1-2-4-14(13)11-22/h1-6,9,22H,7-8,10-11H2,(H2,20,21,23). The van der Waals surface area contributed by atoms with Crippen LogP contribution in [-0.4, -0.2) is 17.7 Å². The van der Waals surface area contributed by atoms with Gasteiger partial charge in [0.15, 0.2) is 0 Å². The van der Waals surface area contributed by atoms with Crippen LogP contribution in [0.4, 0.5) is 13.6 Å². The lowest BCUT2D eigenvalue weighted by Crippen LogP contribution is -2.36. The van der Waals surface area contributed by atoms with Crippen molar-refractivity contribution in [1.29, 1.82) is 0 Å². The lowest BCUT2D eigenvalue weighted by Gasteiger charge is -2.10. The van der Waals surface area contributed by atoms with E-state index in [1.165, 1.54) is 0 Å². The molecule has 0 aliphatic carbocycles. The summed E-state index contributed by atoms with van der Waals surface area (Å²) < 4.78 is 26.5. The van der Waals surface area contributed by atoms with E-state index >= 15 is 0 Å². The van der Waals surface area contributed by atoms with Crippen LogP contribution in [-0.2, 0) is 19.6 Å². The molecule has 0 aromatic heterocycles. The first kappa shape index (κ1) is 16.9. The molecule has 2 aromatic rings. The van der Waals surface area contributed by atoms with Crippen molar-refractivity contribution in [2.75, 3.05) is 6.54 Å². The highest BCUT2D eigenvalue weighted by Gasteiger charge is 2.06. The van der Waals surface area contributed by atoms with Crippen LogP contribution in [0.5, 0.6) is 0 Å². The third-order valence-corrected chi connectivity index (χ3v) is 3.42. The highest BCUT2D eigenvalue weighted by molar-refractivity contribution is 5.73. The average molecular weight is 320 g/mol. The maximum Gasteiger partial charge on any atom is 0.315 e. The molecule has 0 atom stereocenters. The highest BCUT2D eigenvalue weighted by atomic mass is 19.1. The Morgan fingerprint density at radius 1 is 1.00 bits per heavy atom. The lowest BCUT2D eigenvalue weighted by atomic mass is 10.1. The number of nitrogens with one attached hydrogen (secondary N) is 2. The van der Waals surface area contributed by atoms with Gasteiger partial charge in [-0.3, -0.25) is 0 Å². The van der Waals surface area contributed by atoms with Crippen molar-refractivity contribution in [2.45, 2.75) is 19.6 Å². The van der Waals surface area contributed by atoms with Crippen LogP contribution in [0.1, 0.15) is 16.7 Å². The summed E-state index contributed by atoms with van der Waals surface area (Å²) in [5.74, 6) is -1.00. The molecule has 0 aliphatic heterocycles. The predicted molar refractivity (Wildman–Crippen MR) is 82.7 cm³/mol. The Balaban J connectivity index is 1.78. The number of benzene rings is 2. The number of hydrogen-bond donors (Lipinski definition) is 3. The van der Waals surface area contributed by atoms with Crippen molar-refractivity contribution in [3.8, 4) is 0 Å². The van der Waals surface area contributed by atoms with E-state index in [4.69, 9.17) is 0 Å². The third kappa shape index (κ3) is 5.03. The van der Waals surface area contributed by atoms with E-state index in [0.29, 0.717) is 0 Å². The van der Waals surface area contributed by atoms with E-state index in [9.17, 15) is 18.7 Å². The highest BCUT2D eigenvalue weighted by Crippen LogP contribution is 2.10. The molecule has 0 bridgehead atoms. The molecule has 2 aromatic carbocycles. The fourth-order valence-corrected chi connectivity index (χ4v) is 2.17. The molecule has 0 aliphatic rings. The topological polar surface area (TPSA) is 61.4 Å². The number of urea groups is 1. The number of hydrogen-bond acceptors (Lipinski definition) is 2. The molecule has 122 valence electrons. The first-order valence-electron chi connectivity index (χ1n) is 7.23. The second-order valence-corrected chi connectivity index (χ2v) is 5.02. The number of carbonyl (C=O) groups is 1. The smallest absolute Gasteiger partial charge is 0.315 e. The van der Waals surface area contributed by atoms with Gasteiger partial charge in [-0.15, -0.1) is 0 Å². The van der Waals surface area contributed by atoms with Crippen molar-refractivity contribution in [2.24, 2.45) is 0 Å². The van der Waals surface area contributed by atoms with Crippen LogP contribution >= 0.6 is 0 Å². The quantitative estimate of drug-likeness (QED) is 0.766. The molecule has 0 heterocycles. The van der Waals surface area contributed by atoms with Crippen LogP contribution in [0.3, 0.4) is 0 Å². The minimum Gasteiger partial charge on any atom is -0.392 e. The summed E-state index contributed by atoms with van der Waals surface area (Å²) in [6.07, 6.45) is 0.199. The van der Waals surface area contributed by atoms with Crippen LogP contribution < -0.4 is 10.6 Å². The van der Waals surface area contributed by atoms with Crippen molar-refractivity contribution in [3.05, 3.63) is 70.8 Å². The van der Waals surface area contributed by atoms with E-state index in [-0.39, 0.29) is 31.7 Å². The first-order chi connectivity index (χ1) is 11.1. The van der Waals surface area contributed by atoms with Gasteiger partial charge in [0.05, 0.1) is 6.61 Å². The molecule has 2 amide bonds. The zero-order valence-corrected chi connectivity index (χ0v) is 12.5. The van der Waals surface area contributed by atoms with Gasteiger partial charge >= 0.3 is 6.03 Å². The van der Waals surface area contributed by atoms with Crippen molar-refractivity contribution >= 4 is 6.03 Å². The molecule has 0 fully saturated rings. The summed E-state index contributed by atoms with van der Waals surface area (Å²) in [5, 5.41) is 14.4. The van der Waals surface area contributed by atoms with Crippen molar-refractivity contribution < 1.29 is 18.7 Å². The van der Waals surface area contributed by atoms with Crippen LogP contribution in [0, 0.1) is 11.6 Å². The zero-order valence-electron chi connectivity index (χ0n) is 12.5. The largest absolute Gasteiger partial charge is 0.392 e. The van der Waals surface area contributed by atoms with E-state index in [1.807, 2.05) is 18.2 Å². The third-order valence-electron chi connectivity index (χ3n) is 3.42. The Hall–Kier alpha value is -2.47. The molecule has 0 unspecified atom stereocenters. The van der Waals surface area contributed by atoms with Gasteiger partial charge in [-0.2, -0.15) is 0 Å². The number of rotatable bonds is 6. The van der Waals surface area contributed by atoms with Gasteiger partial charge in [0, 0.05) is 13.1 Å². The summed E-state index contributed by atoms with van der Waals surface area (Å²) >= 11 is 0. The maximum absolute atomic E-state index is 13.4. The number of aliphatic hydroxyl groups excluding tert-OH is 1. The Labute approximate surface area is 133 Å². The molecule has 4 nitrogen and oxygen atoms in total. The number of amides is 2. The van der Waals surface area contributed by atoms with Gasteiger partial charge in [0.2, 0.25) is 0 Å². The second kappa shape index (κ2) is 8.24. The van der Waals surface area contributed by atoms with E-state index in [0.717, 1.165) is 29.3 Å². The first-order valence-corrected chi connectivity index (χ1v) is 7.23. The summed E-state index contributed by atoms with van der Waals surface area (Å²) in [7, 11) is 0. The monoisotopic (exact) mass is 320 g/mol. The normalized spacial score (nSPS) is 10.4. The SMILES string of the molecule is O=C(NCCc1cc(F)ccc1F)NCc1ccccc1CO.